The Kier molecular flexibility index (Phi) is 5.16. The molecule has 1 N–H and O–H groups in total. The Balaban J connectivity index is 1.79. The van der Waals surface area contributed by atoms with E-state index in [0.29, 0.717) is 6.42 Å². The summed E-state index contributed by atoms with van der Waals surface area (Å²) >= 11 is 0. The summed E-state index contributed by atoms with van der Waals surface area (Å²) in [7, 11) is -4.06. The summed E-state index contributed by atoms with van der Waals surface area (Å²) < 4.78 is 64.8. The zero-order valence-corrected chi connectivity index (χ0v) is 15.2. The first-order valence-electron chi connectivity index (χ1n) is 8.24. The second-order valence-corrected chi connectivity index (χ2v) is 7.83. The molecule has 1 heterocycles. The van der Waals surface area contributed by atoms with Crippen LogP contribution in [0.5, 0.6) is 0 Å². The van der Waals surface area contributed by atoms with Gasteiger partial charge >= 0.3 is 6.18 Å². The van der Waals surface area contributed by atoms with Crippen LogP contribution in [-0.4, -0.2) is 20.2 Å². The number of carbonyl (C=O) groups excluding carboxylic acids is 2. The molecule has 0 aromatic heterocycles. The molecule has 2 aromatic carbocycles. The Hall–Kier alpha value is -2.88. The van der Waals surface area contributed by atoms with Crippen LogP contribution in [0.15, 0.2) is 53.4 Å². The first-order chi connectivity index (χ1) is 13.1. The number of piperidine rings is 1. The highest BCUT2D eigenvalue weighted by atomic mass is 32.2. The molecule has 0 radical (unpaired) electrons. The number of amides is 2. The van der Waals surface area contributed by atoms with E-state index in [9.17, 15) is 31.2 Å². The maximum Gasteiger partial charge on any atom is 0.416 e. The number of alkyl halides is 3. The maximum atomic E-state index is 12.6. The Morgan fingerprint density at radius 3 is 1.89 bits per heavy atom. The molecular weight excluding hydrogens is 397 g/mol. The normalized spacial score (nSPS) is 15.6. The molecule has 28 heavy (non-hydrogen) atoms. The van der Waals surface area contributed by atoms with Gasteiger partial charge in [-0.3, -0.25) is 19.2 Å². The molecule has 2 aromatic rings. The monoisotopic (exact) mass is 412 g/mol. The molecule has 1 aliphatic heterocycles. The Bertz CT molecular complexity index is 985. The van der Waals surface area contributed by atoms with Crippen molar-refractivity contribution < 1.29 is 31.2 Å². The molecule has 10 heteroatoms. The number of hydrogen-bond donors (Lipinski definition) is 1. The minimum atomic E-state index is -4.52. The molecule has 1 aliphatic rings. The largest absolute Gasteiger partial charge is 0.416 e. The number of benzene rings is 2. The van der Waals surface area contributed by atoms with Gasteiger partial charge in [0.25, 0.3) is 10.0 Å². The van der Waals surface area contributed by atoms with Crippen molar-refractivity contribution in [1.29, 1.82) is 0 Å². The lowest BCUT2D eigenvalue weighted by molar-refractivity contribution is -0.137. The number of rotatable bonds is 4. The van der Waals surface area contributed by atoms with Crippen LogP contribution in [0, 0.1) is 0 Å². The van der Waals surface area contributed by atoms with Gasteiger partial charge in [0, 0.05) is 18.5 Å². The van der Waals surface area contributed by atoms with Crippen LogP contribution in [0.4, 0.5) is 24.5 Å². The highest BCUT2D eigenvalue weighted by molar-refractivity contribution is 7.92. The van der Waals surface area contributed by atoms with E-state index >= 15 is 0 Å². The van der Waals surface area contributed by atoms with E-state index in [-0.39, 0.29) is 40.9 Å². The van der Waals surface area contributed by atoms with Crippen molar-refractivity contribution in [3.05, 3.63) is 54.1 Å². The summed E-state index contributed by atoms with van der Waals surface area (Å²) in [6.45, 7) is 0. The van der Waals surface area contributed by atoms with Gasteiger partial charge in [0.2, 0.25) is 11.8 Å². The number of halogens is 3. The molecule has 0 aliphatic carbocycles. The number of sulfonamides is 1. The van der Waals surface area contributed by atoms with Crippen molar-refractivity contribution in [2.75, 3.05) is 9.62 Å². The summed E-state index contributed by atoms with van der Waals surface area (Å²) in [5.74, 6) is -0.704. The maximum absolute atomic E-state index is 12.6. The van der Waals surface area contributed by atoms with Gasteiger partial charge in [-0.15, -0.1) is 0 Å². The van der Waals surface area contributed by atoms with Crippen LogP contribution in [0.25, 0.3) is 0 Å². The lowest BCUT2D eigenvalue weighted by Gasteiger charge is -2.24. The summed E-state index contributed by atoms with van der Waals surface area (Å²) in [6, 6.07) is 8.68. The van der Waals surface area contributed by atoms with Crippen molar-refractivity contribution >= 4 is 33.2 Å². The zero-order chi connectivity index (χ0) is 20.5. The molecule has 1 fully saturated rings. The average molecular weight is 412 g/mol. The fourth-order valence-corrected chi connectivity index (χ4v) is 3.82. The quantitative estimate of drug-likeness (QED) is 0.779. The minimum Gasteiger partial charge on any atom is -0.280 e. The molecule has 0 unspecified atom stereocenters. The Morgan fingerprint density at radius 1 is 0.857 bits per heavy atom. The van der Waals surface area contributed by atoms with Crippen LogP contribution < -0.4 is 9.62 Å². The number of nitrogens with one attached hydrogen (secondary N) is 1. The van der Waals surface area contributed by atoms with Gasteiger partial charge in [-0.25, -0.2) is 8.42 Å². The highest BCUT2D eigenvalue weighted by Crippen LogP contribution is 2.30. The van der Waals surface area contributed by atoms with Crippen molar-refractivity contribution in [2.24, 2.45) is 0 Å². The zero-order valence-electron chi connectivity index (χ0n) is 14.4. The first kappa shape index (κ1) is 19.9. The van der Waals surface area contributed by atoms with Crippen LogP contribution in [0.3, 0.4) is 0 Å². The lowest BCUT2D eigenvalue weighted by Crippen LogP contribution is -2.40. The fourth-order valence-electron chi connectivity index (χ4n) is 2.76. The molecule has 0 atom stereocenters. The number of anilines is 2. The van der Waals surface area contributed by atoms with Gasteiger partial charge in [-0.2, -0.15) is 13.2 Å². The van der Waals surface area contributed by atoms with E-state index in [0.717, 1.165) is 29.2 Å². The van der Waals surface area contributed by atoms with Crippen molar-refractivity contribution in [2.45, 2.75) is 30.3 Å². The predicted molar refractivity (Wildman–Crippen MR) is 95.0 cm³/mol. The second kappa shape index (κ2) is 7.27. The standard InChI is InChI=1S/C18H15F3N2O4S/c19-18(20,21)12-4-6-13(7-5-12)22-28(26,27)15-10-8-14(9-11-15)23-16(24)2-1-3-17(23)25/h4-11,22H,1-3H2. The molecule has 2 amide bonds. The molecule has 148 valence electrons. The van der Waals surface area contributed by atoms with Gasteiger partial charge in [0.1, 0.15) is 0 Å². The highest BCUT2D eigenvalue weighted by Gasteiger charge is 2.30. The van der Waals surface area contributed by atoms with Crippen molar-refractivity contribution in [3.63, 3.8) is 0 Å². The van der Waals surface area contributed by atoms with Crippen molar-refractivity contribution in [3.8, 4) is 0 Å². The van der Waals surface area contributed by atoms with Gasteiger partial charge in [-0.1, -0.05) is 0 Å². The topological polar surface area (TPSA) is 83.6 Å². The SMILES string of the molecule is O=C1CCCC(=O)N1c1ccc(S(=O)(=O)Nc2ccc(C(F)(F)F)cc2)cc1. The third-order valence-electron chi connectivity index (χ3n) is 4.15. The van der Waals surface area contributed by atoms with Crippen LogP contribution in [-0.2, 0) is 25.8 Å². The average Bonchev–Trinajstić information content (AvgIpc) is 2.61. The summed E-state index contributed by atoms with van der Waals surface area (Å²) in [5.41, 5.74) is -0.655. The van der Waals surface area contributed by atoms with E-state index in [1.54, 1.807) is 0 Å². The van der Waals surface area contributed by atoms with E-state index in [1.807, 2.05) is 0 Å². The van der Waals surface area contributed by atoms with Crippen LogP contribution in [0.1, 0.15) is 24.8 Å². The predicted octanol–water partition coefficient (Wildman–Crippen LogP) is 3.55. The van der Waals surface area contributed by atoms with E-state index < -0.39 is 21.8 Å². The molecular formula is C18H15F3N2O4S. The summed E-state index contributed by atoms with van der Waals surface area (Å²) in [6.07, 6.45) is -3.56. The van der Waals surface area contributed by atoms with E-state index in [1.165, 1.54) is 24.3 Å². The molecule has 0 saturated carbocycles. The smallest absolute Gasteiger partial charge is 0.280 e. The number of carbonyl (C=O) groups is 2. The first-order valence-corrected chi connectivity index (χ1v) is 9.72. The Labute approximate surface area is 159 Å². The third-order valence-corrected chi connectivity index (χ3v) is 5.55. The number of imide groups is 1. The fraction of sp³-hybridized carbons (Fsp3) is 0.222. The number of hydrogen-bond acceptors (Lipinski definition) is 4. The summed E-state index contributed by atoms with van der Waals surface area (Å²) in [5, 5.41) is 0. The molecule has 6 nitrogen and oxygen atoms in total. The second-order valence-electron chi connectivity index (χ2n) is 6.15. The Morgan fingerprint density at radius 2 is 1.39 bits per heavy atom. The van der Waals surface area contributed by atoms with Crippen molar-refractivity contribution in [1.82, 2.24) is 0 Å². The van der Waals surface area contributed by atoms with Gasteiger partial charge in [0.05, 0.1) is 16.1 Å². The minimum absolute atomic E-state index is 0.0292. The molecule has 0 spiro atoms. The molecule has 3 rings (SSSR count). The number of nitrogens with zero attached hydrogens (tertiary/aromatic N) is 1. The lowest BCUT2D eigenvalue weighted by atomic mass is 10.1. The third kappa shape index (κ3) is 4.16. The van der Waals surface area contributed by atoms with Gasteiger partial charge in [-0.05, 0) is 55.0 Å². The molecule has 1 saturated heterocycles. The van der Waals surface area contributed by atoms with E-state index in [4.69, 9.17) is 0 Å². The van der Waals surface area contributed by atoms with Gasteiger partial charge < -0.3 is 0 Å². The van der Waals surface area contributed by atoms with E-state index in [2.05, 4.69) is 4.72 Å². The van der Waals surface area contributed by atoms with Crippen LogP contribution >= 0.6 is 0 Å². The van der Waals surface area contributed by atoms with Gasteiger partial charge in [0.15, 0.2) is 0 Å². The van der Waals surface area contributed by atoms with Crippen LogP contribution in [0.2, 0.25) is 0 Å². The molecule has 0 bridgehead atoms. The summed E-state index contributed by atoms with van der Waals surface area (Å²) in [4.78, 5) is 24.7.